The second-order valence-corrected chi connectivity index (χ2v) is 7.11. The molecule has 158 valence electrons. The van der Waals surface area contributed by atoms with Crippen molar-refractivity contribution in [3.63, 3.8) is 0 Å². The van der Waals surface area contributed by atoms with Crippen LogP contribution in [0, 0.1) is 28.9 Å². The van der Waals surface area contributed by atoms with Gasteiger partial charge in [0.25, 0.3) is 5.91 Å². The fraction of sp³-hybridized carbons (Fsp3) is 0.250. The zero-order valence-corrected chi connectivity index (χ0v) is 16.3. The molecular weight excluding hydrogens is 431 g/mol. The quantitative estimate of drug-likeness (QED) is 0.512. The number of halogens is 6. The minimum Gasteiger partial charge on any atom is -0.342 e. The molecule has 2 aromatic carbocycles. The summed E-state index contributed by atoms with van der Waals surface area (Å²) in [6.07, 6.45) is -4.85. The van der Waals surface area contributed by atoms with Crippen molar-refractivity contribution in [3.05, 3.63) is 69.2 Å². The van der Waals surface area contributed by atoms with Gasteiger partial charge in [0.1, 0.15) is 23.3 Å². The fourth-order valence-electron chi connectivity index (χ4n) is 2.71. The van der Waals surface area contributed by atoms with E-state index in [-0.39, 0.29) is 5.02 Å². The van der Waals surface area contributed by atoms with E-state index in [9.17, 15) is 31.5 Å². The molecule has 10 heteroatoms. The predicted molar refractivity (Wildman–Crippen MR) is 97.9 cm³/mol. The van der Waals surface area contributed by atoms with Gasteiger partial charge in [-0.1, -0.05) is 25.4 Å². The van der Waals surface area contributed by atoms with Crippen LogP contribution < -0.4 is 5.32 Å². The van der Waals surface area contributed by atoms with Gasteiger partial charge in [-0.2, -0.15) is 18.4 Å². The summed E-state index contributed by atoms with van der Waals surface area (Å²) in [7, 11) is 0. The Hall–Kier alpha value is -2.99. The van der Waals surface area contributed by atoms with Gasteiger partial charge in [-0.25, -0.2) is 8.78 Å². The molecule has 0 bridgehead atoms. The van der Waals surface area contributed by atoms with Crippen LogP contribution in [0.1, 0.15) is 45.7 Å². The lowest BCUT2D eigenvalue weighted by molar-refractivity contribution is -0.137. The molecule has 30 heavy (non-hydrogen) atoms. The van der Waals surface area contributed by atoms with E-state index in [0.29, 0.717) is 18.2 Å². The number of Topliss-reactive ketones (excluding diaryl/α,β-unsaturated/α-hetero) is 1. The number of alkyl halides is 3. The molecule has 0 aliphatic rings. The van der Waals surface area contributed by atoms with Gasteiger partial charge < -0.3 is 5.32 Å². The fourth-order valence-corrected chi connectivity index (χ4v) is 2.88. The maximum Gasteiger partial charge on any atom is 0.417 e. The summed E-state index contributed by atoms with van der Waals surface area (Å²) in [5, 5.41) is 10.8. The lowest BCUT2D eigenvalue weighted by Crippen LogP contribution is -2.45. The van der Waals surface area contributed by atoms with Crippen LogP contribution in [0.2, 0.25) is 5.02 Å². The lowest BCUT2D eigenvalue weighted by Gasteiger charge is -2.22. The zero-order valence-electron chi connectivity index (χ0n) is 15.6. The van der Waals surface area contributed by atoms with Crippen LogP contribution in [-0.2, 0) is 6.18 Å². The van der Waals surface area contributed by atoms with Crippen molar-refractivity contribution in [3.8, 4) is 6.07 Å². The summed E-state index contributed by atoms with van der Waals surface area (Å²) in [5.74, 6) is -5.35. The molecule has 0 aliphatic heterocycles. The highest BCUT2D eigenvalue weighted by atomic mass is 35.5. The third-order valence-electron chi connectivity index (χ3n) is 4.21. The second kappa shape index (κ2) is 8.79. The van der Waals surface area contributed by atoms with E-state index in [4.69, 9.17) is 16.9 Å². The molecular formula is C20H14ClF5N2O2. The molecule has 2 aromatic rings. The van der Waals surface area contributed by atoms with Crippen LogP contribution in [0.3, 0.4) is 0 Å². The highest BCUT2D eigenvalue weighted by molar-refractivity contribution is 6.31. The smallest absolute Gasteiger partial charge is 0.342 e. The van der Waals surface area contributed by atoms with Crippen molar-refractivity contribution in [1.82, 2.24) is 5.32 Å². The van der Waals surface area contributed by atoms with Crippen LogP contribution in [0.4, 0.5) is 22.0 Å². The minimum absolute atomic E-state index is 0.128. The maximum atomic E-state index is 13.9. The van der Waals surface area contributed by atoms with Gasteiger partial charge in [-0.05, 0) is 36.2 Å². The van der Waals surface area contributed by atoms with Crippen LogP contribution >= 0.6 is 11.6 Å². The Morgan fingerprint density at radius 3 is 2.13 bits per heavy atom. The van der Waals surface area contributed by atoms with Crippen LogP contribution in [-0.4, -0.2) is 17.7 Å². The molecule has 0 fully saturated rings. The molecule has 0 heterocycles. The van der Waals surface area contributed by atoms with Crippen molar-refractivity contribution >= 4 is 23.3 Å². The van der Waals surface area contributed by atoms with E-state index in [1.807, 2.05) is 0 Å². The molecule has 1 N–H and O–H groups in total. The van der Waals surface area contributed by atoms with Crippen molar-refractivity contribution in [2.75, 3.05) is 0 Å². The van der Waals surface area contributed by atoms with Crippen molar-refractivity contribution in [2.45, 2.75) is 26.1 Å². The highest BCUT2D eigenvalue weighted by Gasteiger charge is 2.36. The molecule has 0 aromatic heterocycles. The molecule has 0 saturated heterocycles. The third kappa shape index (κ3) is 4.94. The molecule has 0 aliphatic carbocycles. The first-order valence-electron chi connectivity index (χ1n) is 8.47. The van der Waals surface area contributed by atoms with E-state index in [1.54, 1.807) is 0 Å². The maximum absolute atomic E-state index is 13.9. The Bertz CT molecular complexity index is 1020. The molecule has 1 unspecified atom stereocenters. The number of amides is 1. The summed E-state index contributed by atoms with van der Waals surface area (Å²) in [6.45, 7) is 2.98. The van der Waals surface area contributed by atoms with E-state index in [2.05, 4.69) is 5.32 Å². The van der Waals surface area contributed by atoms with Gasteiger partial charge >= 0.3 is 6.18 Å². The standard InChI is InChI=1S/C20H14ClF5N2O2/c1-9(2)17(18(29)10-5-15(22)13(8-27)16(23)6-10)28-19(30)12-7-11(21)3-4-14(12)20(24,25)26/h3-7,9,17H,1-2H3,(H,28,30). The topological polar surface area (TPSA) is 70.0 Å². The van der Waals surface area contributed by atoms with Crippen molar-refractivity contribution in [1.29, 1.82) is 5.26 Å². The number of nitrogens with zero attached hydrogens (tertiary/aromatic N) is 1. The van der Waals surface area contributed by atoms with Gasteiger partial charge in [0.05, 0.1) is 17.2 Å². The SMILES string of the molecule is CC(C)C(NC(=O)c1cc(Cl)ccc1C(F)(F)F)C(=O)c1cc(F)c(C#N)c(F)c1. The summed E-state index contributed by atoms with van der Waals surface area (Å²) >= 11 is 5.71. The average Bonchev–Trinajstić information content (AvgIpc) is 2.63. The van der Waals surface area contributed by atoms with Crippen molar-refractivity contribution in [2.24, 2.45) is 5.92 Å². The lowest BCUT2D eigenvalue weighted by atomic mass is 9.93. The normalized spacial score (nSPS) is 12.4. The molecule has 1 amide bonds. The Morgan fingerprint density at radius 1 is 1.10 bits per heavy atom. The third-order valence-corrected chi connectivity index (χ3v) is 4.44. The van der Waals surface area contributed by atoms with Crippen LogP contribution in [0.15, 0.2) is 30.3 Å². The molecule has 0 radical (unpaired) electrons. The molecule has 4 nitrogen and oxygen atoms in total. The largest absolute Gasteiger partial charge is 0.417 e. The van der Waals surface area contributed by atoms with E-state index in [0.717, 1.165) is 12.1 Å². The Morgan fingerprint density at radius 2 is 1.67 bits per heavy atom. The number of nitrogens with one attached hydrogen (secondary N) is 1. The van der Waals surface area contributed by atoms with Crippen LogP contribution in [0.25, 0.3) is 0 Å². The molecule has 0 saturated carbocycles. The zero-order chi connectivity index (χ0) is 22.8. The van der Waals surface area contributed by atoms with E-state index >= 15 is 0 Å². The number of hydrogen-bond donors (Lipinski definition) is 1. The summed E-state index contributed by atoms with van der Waals surface area (Å²) in [4.78, 5) is 25.3. The van der Waals surface area contributed by atoms with Gasteiger partial charge in [0.2, 0.25) is 0 Å². The Kier molecular flexibility index (Phi) is 6.83. The monoisotopic (exact) mass is 444 g/mol. The molecule has 1 atom stereocenters. The van der Waals surface area contributed by atoms with Gasteiger partial charge in [-0.15, -0.1) is 0 Å². The highest BCUT2D eigenvalue weighted by Crippen LogP contribution is 2.33. The number of nitriles is 1. The number of rotatable bonds is 5. The van der Waals surface area contributed by atoms with E-state index < -0.39 is 63.7 Å². The van der Waals surface area contributed by atoms with Crippen LogP contribution in [0.5, 0.6) is 0 Å². The minimum atomic E-state index is -4.85. The molecule has 2 rings (SSSR count). The second-order valence-electron chi connectivity index (χ2n) is 6.67. The van der Waals surface area contributed by atoms with Gasteiger partial charge in [0, 0.05) is 10.6 Å². The van der Waals surface area contributed by atoms with Gasteiger partial charge in [0.15, 0.2) is 5.78 Å². The number of ketones is 1. The number of benzene rings is 2. The first-order valence-corrected chi connectivity index (χ1v) is 8.85. The first-order chi connectivity index (χ1) is 13.9. The number of carbonyl (C=O) groups is 2. The average molecular weight is 445 g/mol. The van der Waals surface area contributed by atoms with Gasteiger partial charge in [-0.3, -0.25) is 9.59 Å². The predicted octanol–water partition coefficient (Wildman–Crippen LogP) is 5.15. The first kappa shape index (κ1) is 23.3. The summed E-state index contributed by atoms with van der Waals surface area (Å²) in [6, 6.07) is 3.58. The van der Waals surface area contributed by atoms with E-state index in [1.165, 1.54) is 19.9 Å². The Labute approximate surface area is 173 Å². The van der Waals surface area contributed by atoms with Crippen molar-refractivity contribution < 1.29 is 31.5 Å². The summed E-state index contributed by atoms with van der Waals surface area (Å²) < 4.78 is 67.4. The number of carbonyl (C=O) groups excluding carboxylic acids is 2. The molecule has 0 spiro atoms. The Balaban J connectivity index is 2.42. The number of hydrogen-bond acceptors (Lipinski definition) is 3. The summed E-state index contributed by atoms with van der Waals surface area (Å²) in [5.41, 5.74) is -3.42.